The van der Waals surface area contributed by atoms with Gasteiger partial charge in [0.1, 0.15) is 0 Å². The van der Waals surface area contributed by atoms with E-state index < -0.39 is 0 Å². The van der Waals surface area contributed by atoms with Gasteiger partial charge in [-0.05, 0) is 12.8 Å². The molecule has 2 fully saturated rings. The summed E-state index contributed by atoms with van der Waals surface area (Å²) in [6, 6.07) is 0.530. The van der Waals surface area contributed by atoms with Crippen LogP contribution >= 0.6 is 0 Å². The van der Waals surface area contributed by atoms with Crippen LogP contribution in [-0.2, 0) is 16.1 Å². The fraction of sp³-hybridized carbons (Fsp3) is 0.706. The van der Waals surface area contributed by atoms with E-state index in [1.165, 1.54) is 0 Å². The van der Waals surface area contributed by atoms with Crippen LogP contribution in [0.1, 0.15) is 18.5 Å². The lowest BCUT2D eigenvalue weighted by atomic mass is 10.0. The minimum Gasteiger partial charge on any atom is -0.381 e. The van der Waals surface area contributed by atoms with Crippen LogP contribution in [-0.4, -0.2) is 78.2 Å². The molecular formula is C17H27N5O2. The highest BCUT2D eigenvalue weighted by Gasteiger charge is 2.31. The molecule has 1 N–H and O–H groups in total. The first-order chi connectivity index (χ1) is 11.8. The third kappa shape index (κ3) is 4.49. The maximum Gasteiger partial charge on any atom is 0.225 e. The van der Waals surface area contributed by atoms with Gasteiger partial charge in [0.15, 0.2) is 0 Å². The number of hydrogen-bond acceptors (Lipinski definition) is 6. The van der Waals surface area contributed by atoms with Crippen molar-refractivity contribution in [3.63, 3.8) is 0 Å². The van der Waals surface area contributed by atoms with Gasteiger partial charge in [-0.25, -0.2) is 0 Å². The average Bonchev–Trinajstić information content (AvgIpc) is 2.85. The van der Waals surface area contributed by atoms with Gasteiger partial charge in [-0.2, -0.15) is 0 Å². The molecule has 1 amide bonds. The van der Waals surface area contributed by atoms with Crippen molar-refractivity contribution in [2.45, 2.75) is 25.4 Å². The van der Waals surface area contributed by atoms with Crippen molar-refractivity contribution in [1.29, 1.82) is 0 Å². The molecule has 2 aliphatic heterocycles. The molecule has 2 saturated heterocycles. The number of carbonyl (C=O) groups is 1. The maximum absolute atomic E-state index is 12.3. The van der Waals surface area contributed by atoms with Gasteiger partial charge in [0.05, 0.1) is 11.6 Å². The van der Waals surface area contributed by atoms with Crippen molar-refractivity contribution < 1.29 is 9.53 Å². The first-order valence-electron chi connectivity index (χ1n) is 8.77. The Balaban J connectivity index is 1.68. The summed E-state index contributed by atoms with van der Waals surface area (Å²) >= 11 is 0. The molecule has 7 heteroatoms. The number of nitrogens with zero attached hydrogens (tertiary/aromatic N) is 4. The second-order valence-electron chi connectivity index (χ2n) is 6.58. The zero-order chi connectivity index (χ0) is 16.8. The summed E-state index contributed by atoms with van der Waals surface area (Å²) < 4.78 is 5.49. The van der Waals surface area contributed by atoms with E-state index in [0.717, 1.165) is 64.5 Å². The number of nitrogens with one attached hydrogen (secondary N) is 1. The van der Waals surface area contributed by atoms with Gasteiger partial charge >= 0.3 is 0 Å². The highest BCUT2D eigenvalue weighted by Crippen LogP contribution is 2.20. The first-order valence-corrected chi connectivity index (χ1v) is 8.77. The number of carbonyl (C=O) groups excluding carboxylic acids is 1. The predicted octanol–water partition coefficient (Wildman–Crippen LogP) is 0.135. The summed E-state index contributed by atoms with van der Waals surface area (Å²) in [6.45, 7) is 5.91. The van der Waals surface area contributed by atoms with Crippen LogP contribution in [0.15, 0.2) is 18.6 Å². The summed E-state index contributed by atoms with van der Waals surface area (Å²) in [5.74, 6) is 0.107. The molecule has 3 rings (SSSR count). The topological polar surface area (TPSA) is 70.6 Å². The van der Waals surface area contributed by atoms with Gasteiger partial charge in [-0.3, -0.25) is 24.6 Å². The van der Waals surface area contributed by atoms with Gasteiger partial charge in [-0.1, -0.05) is 0 Å². The number of hydrogen-bond donors (Lipinski definition) is 1. The molecule has 1 aromatic heterocycles. The average molecular weight is 333 g/mol. The van der Waals surface area contributed by atoms with Gasteiger partial charge < -0.3 is 10.1 Å². The van der Waals surface area contributed by atoms with E-state index in [1.807, 2.05) is 0 Å². The summed E-state index contributed by atoms with van der Waals surface area (Å²) in [6.07, 6.45) is 7.33. The second kappa shape index (κ2) is 8.50. The first kappa shape index (κ1) is 17.3. The molecule has 3 heterocycles. The molecular weight excluding hydrogens is 306 g/mol. The van der Waals surface area contributed by atoms with Gasteiger partial charge in [-0.15, -0.1) is 0 Å². The fourth-order valence-corrected chi connectivity index (χ4v) is 3.64. The van der Waals surface area contributed by atoms with Crippen molar-refractivity contribution in [3.8, 4) is 0 Å². The van der Waals surface area contributed by atoms with Crippen LogP contribution in [0.25, 0.3) is 0 Å². The summed E-state index contributed by atoms with van der Waals surface area (Å²) in [7, 11) is 1.72. The van der Waals surface area contributed by atoms with E-state index in [2.05, 4.69) is 25.1 Å². The Hall–Kier alpha value is -1.57. The molecule has 1 unspecified atom stereocenters. The highest BCUT2D eigenvalue weighted by molar-refractivity contribution is 5.78. The highest BCUT2D eigenvalue weighted by atomic mass is 16.5. The molecule has 132 valence electrons. The molecule has 0 aromatic carbocycles. The molecule has 0 saturated carbocycles. The minimum absolute atomic E-state index is 0.0167. The Morgan fingerprint density at radius 3 is 2.83 bits per heavy atom. The molecule has 2 aliphatic rings. The molecule has 1 aromatic rings. The molecule has 1 atom stereocenters. The summed E-state index contributed by atoms with van der Waals surface area (Å²) in [5, 5.41) is 2.83. The van der Waals surface area contributed by atoms with Gasteiger partial charge in [0.2, 0.25) is 5.91 Å². The van der Waals surface area contributed by atoms with E-state index >= 15 is 0 Å². The number of ether oxygens (including phenoxy) is 1. The smallest absolute Gasteiger partial charge is 0.225 e. The quantitative estimate of drug-likeness (QED) is 0.845. The molecule has 0 aliphatic carbocycles. The van der Waals surface area contributed by atoms with Crippen LogP contribution in [0.4, 0.5) is 0 Å². The lowest BCUT2D eigenvalue weighted by molar-refractivity contribution is -0.125. The van der Waals surface area contributed by atoms with E-state index in [4.69, 9.17) is 4.74 Å². The fourth-order valence-electron chi connectivity index (χ4n) is 3.64. The van der Waals surface area contributed by atoms with Crippen molar-refractivity contribution in [1.82, 2.24) is 25.1 Å². The normalized spacial score (nSPS) is 24.5. The monoisotopic (exact) mass is 333 g/mol. The largest absolute Gasteiger partial charge is 0.381 e. The summed E-state index contributed by atoms with van der Waals surface area (Å²) in [5.41, 5.74) is 0.952. The van der Waals surface area contributed by atoms with Crippen LogP contribution in [0.3, 0.4) is 0 Å². The van der Waals surface area contributed by atoms with Crippen LogP contribution in [0.5, 0.6) is 0 Å². The third-order valence-electron chi connectivity index (χ3n) is 4.96. The Bertz CT molecular complexity index is 521. The minimum atomic E-state index is -0.0167. The van der Waals surface area contributed by atoms with Crippen molar-refractivity contribution in [2.75, 3.05) is 46.4 Å². The van der Waals surface area contributed by atoms with Gasteiger partial charge in [0, 0.05) is 77.6 Å². The van der Waals surface area contributed by atoms with E-state index in [-0.39, 0.29) is 11.8 Å². The third-order valence-corrected chi connectivity index (χ3v) is 4.96. The molecule has 7 nitrogen and oxygen atoms in total. The van der Waals surface area contributed by atoms with Crippen molar-refractivity contribution in [2.24, 2.45) is 5.92 Å². The Morgan fingerprint density at radius 2 is 2.12 bits per heavy atom. The van der Waals surface area contributed by atoms with Crippen molar-refractivity contribution in [3.05, 3.63) is 24.3 Å². The van der Waals surface area contributed by atoms with Crippen LogP contribution in [0, 0.1) is 5.92 Å². The summed E-state index contributed by atoms with van der Waals surface area (Å²) in [4.78, 5) is 25.6. The predicted molar refractivity (Wildman–Crippen MR) is 90.3 cm³/mol. The number of amides is 1. The van der Waals surface area contributed by atoms with Crippen molar-refractivity contribution >= 4 is 5.91 Å². The number of aromatic nitrogens is 2. The lowest BCUT2D eigenvalue weighted by Crippen LogP contribution is -2.45. The van der Waals surface area contributed by atoms with Gasteiger partial charge in [0.25, 0.3) is 0 Å². The molecule has 24 heavy (non-hydrogen) atoms. The van der Waals surface area contributed by atoms with E-state index in [9.17, 15) is 4.79 Å². The molecule has 0 radical (unpaired) electrons. The zero-order valence-corrected chi connectivity index (χ0v) is 14.4. The maximum atomic E-state index is 12.3. The van der Waals surface area contributed by atoms with E-state index in [1.54, 1.807) is 25.6 Å². The Kier molecular flexibility index (Phi) is 6.12. The SMILES string of the molecule is CNC(=O)C1CN(Cc2cnccn2)CCN(C2CCOCC2)C1. The van der Waals surface area contributed by atoms with E-state index in [0.29, 0.717) is 6.04 Å². The Morgan fingerprint density at radius 1 is 1.29 bits per heavy atom. The van der Waals surface area contributed by atoms with Crippen LogP contribution < -0.4 is 5.32 Å². The Labute approximate surface area is 143 Å². The lowest BCUT2D eigenvalue weighted by Gasteiger charge is -2.34. The number of rotatable bonds is 4. The molecule has 0 spiro atoms. The zero-order valence-electron chi connectivity index (χ0n) is 14.4. The standard InChI is InChI=1S/C17H27N5O2/c1-18-17(23)14-11-21(13-15-10-19-4-5-20-15)6-7-22(12-14)16-2-8-24-9-3-16/h4-5,10,14,16H,2-3,6-9,11-13H2,1H3,(H,18,23). The second-order valence-corrected chi connectivity index (χ2v) is 6.58. The molecule has 0 bridgehead atoms. The van der Waals surface area contributed by atoms with Crippen LogP contribution in [0.2, 0.25) is 0 Å².